The first-order valence-corrected chi connectivity index (χ1v) is 11.4. The van der Waals surface area contributed by atoms with Crippen LogP contribution >= 0.6 is 11.6 Å². The number of nitrogens with one attached hydrogen (secondary N) is 2. The molecule has 2 amide bonds. The van der Waals surface area contributed by atoms with E-state index < -0.39 is 21.7 Å². The van der Waals surface area contributed by atoms with E-state index in [1.54, 1.807) is 48.5 Å². The largest absolute Gasteiger partial charge is 0.454 e. The van der Waals surface area contributed by atoms with Gasteiger partial charge in [0, 0.05) is 17.1 Å². The number of ether oxygens (including phenoxy) is 1. The van der Waals surface area contributed by atoms with Crippen molar-refractivity contribution in [2.75, 3.05) is 16.4 Å². The summed E-state index contributed by atoms with van der Waals surface area (Å²) in [4.78, 5) is 25.1. The van der Waals surface area contributed by atoms with Gasteiger partial charge in [-0.1, -0.05) is 29.8 Å². The van der Waals surface area contributed by atoms with Gasteiger partial charge >= 0.3 is 0 Å². The second kappa shape index (κ2) is 8.41. The van der Waals surface area contributed by atoms with Crippen molar-refractivity contribution in [3.05, 3.63) is 77.3 Å². The van der Waals surface area contributed by atoms with Crippen LogP contribution in [0.4, 0.5) is 11.4 Å². The summed E-state index contributed by atoms with van der Waals surface area (Å²) in [5.41, 5.74) is 1.01. The van der Waals surface area contributed by atoms with Crippen molar-refractivity contribution in [1.29, 1.82) is 0 Å². The molecule has 0 atom stereocenters. The van der Waals surface area contributed by atoms with Crippen LogP contribution in [0, 0.1) is 0 Å². The Morgan fingerprint density at radius 2 is 1.74 bits per heavy atom. The number of fused-ring (bicyclic) bond motifs is 2. The summed E-state index contributed by atoms with van der Waals surface area (Å²) in [7, 11) is -3.57. The number of hydrogen-bond donors (Lipinski definition) is 2. The minimum absolute atomic E-state index is 0.168. The van der Waals surface area contributed by atoms with E-state index in [0.29, 0.717) is 27.9 Å². The highest BCUT2D eigenvalue weighted by atomic mass is 35.5. The zero-order chi connectivity index (χ0) is 22.0. The maximum atomic E-state index is 12.6. The third-order valence-electron chi connectivity index (χ3n) is 4.62. The van der Waals surface area contributed by atoms with Crippen LogP contribution in [-0.4, -0.2) is 26.0 Å². The summed E-state index contributed by atoms with van der Waals surface area (Å²) in [6.45, 7) is 0. The van der Waals surface area contributed by atoms with E-state index in [1.165, 1.54) is 18.2 Å². The van der Waals surface area contributed by atoms with Gasteiger partial charge in [0.05, 0.1) is 21.9 Å². The average Bonchev–Trinajstić information content (AvgIpc) is 2.88. The molecule has 0 spiro atoms. The van der Waals surface area contributed by atoms with Crippen LogP contribution in [0.15, 0.2) is 71.6 Å². The zero-order valence-corrected chi connectivity index (χ0v) is 17.7. The Labute approximate surface area is 183 Å². The number of amides is 2. The van der Waals surface area contributed by atoms with Gasteiger partial charge in [-0.3, -0.25) is 9.59 Å². The molecule has 1 aliphatic rings. The molecule has 9 heteroatoms. The Morgan fingerprint density at radius 1 is 1.00 bits per heavy atom. The van der Waals surface area contributed by atoms with Crippen LogP contribution in [-0.2, 0) is 14.6 Å². The zero-order valence-electron chi connectivity index (χ0n) is 16.1. The van der Waals surface area contributed by atoms with E-state index in [1.807, 2.05) is 0 Å². The average molecular weight is 457 g/mol. The first kappa shape index (κ1) is 20.9. The van der Waals surface area contributed by atoms with Gasteiger partial charge in [0.1, 0.15) is 5.75 Å². The monoisotopic (exact) mass is 456 g/mol. The second-order valence-electron chi connectivity index (χ2n) is 6.84. The molecule has 0 radical (unpaired) electrons. The molecule has 0 aliphatic carbocycles. The molecule has 3 aromatic rings. The molecule has 0 unspecified atom stereocenters. The van der Waals surface area contributed by atoms with E-state index in [0.717, 1.165) is 0 Å². The first-order chi connectivity index (χ1) is 14.8. The van der Waals surface area contributed by atoms with Crippen LogP contribution in [0.2, 0.25) is 5.02 Å². The number of carbonyl (C=O) groups excluding carboxylic acids is 2. The van der Waals surface area contributed by atoms with Gasteiger partial charge in [-0.15, -0.1) is 0 Å². The highest BCUT2D eigenvalue weighted by Gasteiger charge is 2.22. The highest BCUT2D eigenvalue weighted by Crippen LogP contribution is 2.37. The lowest BCUT2D eigenvalue weighted by atomic mass is 10.1. The molecule has 0 fully saturated rings. The van der Waals surface area contributed by atoms with Gasteiger partial charge in [0.2, 0.25) is 5.91 Å². The Kier molecular flexibility index (Phi) is 5.67. The van der Waals surface area contributed by atoms with E-state index in [9.17, 15) is 18.0 Å². The third kappa shape index (κ3) is 4.70. The van der Waals surface area contributed by atoms with Crippen LogP contribution < -0.4 is 15.4 Å². The number of rotatable bonds is 5. The van der Waals surface area contributed by atoms with E-state index in [2.05, 4.69) is 10.6 Å². The lowest BCUT2D eigenvalue weighted by Gasteiger charge is -2.10. The number of anilines is 2. The van der Waals surface area contributed by atoms with Crippen molar-refractivity contribution < 1.29 is 22.7 Å². The van der Waals surface area contributed by atoms with Gasteiger partial charge in [-0.25, -0.2) is 8.42 Å². The second-order valence-corrected chi connectivity index (χ2v) is 9.38. The molecule has 4 rings (SSSR count). The number of halogens is 1. The van der Waals surface area contributed by atoms with Crippen molar-refractivity contribution in [2.24, 2.45) is 0 Å². The van der Waals surface area contributed by atoms with Crippen molar-refractivity contribution in [3.8, 4) is 11.5 Å². The Hall–Kier alpha value is -3.36. The predicted molar refractivity (Wildman–Crippen MR) is 118 cm³/mol. The topological polar surface area (TPSA) is 102 Å². The summed E-state index contributed by atoms with van der Waals surface area (Å²) >= 11 is 5.98. The molecule has 2 N–H and O–H groups in total. The molecular formula is C22H17ClN2O5S. The highest BCUT2D eigenvalue weighted by molar-refractivity contribution is 7.91. The molecule has 0 bridgehead atoms. The maximum absolute atomic E-state index is 12.6. The van der Waals surface area contributed by atoms with Crippen LogP contribution in [0.3, 0.4) is 0 Å². The fraction of sp³-hybridized carbons (Fsp3) is 0.0909. The molecule has 3 aromatic carbocycles. The number of sulfone groups is 1. The maximum Gasteiger partial charge on any atom is 0.259 e. The van der Waals surface area contributed by atoms with Gasteiger partial charge in [0.15, 0.2) is 15.6 Å². The molecule has 1 aliphatic heterocycles. The van der Waals surface area contributed by atoms with Gasteiger partial charge in [0.25, 0.3) is 5.91 Å². The van der Waals surface area contributed by atoms with Crippen LogP contribution in [0.1, 0.15) is 16.8 Å². The summed E-state index contributed by atoms with van der Waals surface area (Å²) in [6, 6.07) is 17.4. The van der Waals surface area contributed by atoms with Crippen molar-refractivity contribution >= 4 is 44.6 Å². The molecule has 31 heavy (non-hydrogen) atoms. The molecule has 158 valence electrons. The third-order valence-corrected chi connectivity index (χ3v) is 6.58. The first-order valence-electron chi connectivity index (χ1n) is 9.32. The fourth-order valence-electron chi connectivity index (χ4n) is 3.07. The van der Waals surface area contributed by atoms with Crippen LogP contribution in [0.5, 0.6) is 11.5 Å². The number of carbonyl (C=O) groups is 2. The fourth-order valence-corrected chi connectivity index (χ4v) is 4.50. The minimum atomic E-state index is -3.57. The lowest BCUT2D eigenvalue weighted by Crippen LogP contribution is -2.18. The van der Waals surface area contributed by atoms with E-state index >= 15 is 0 Å². The predicted octanol–water partition coefficient (Wildman–Crippen LogP) is 4.50. The van der Waals surface area contributed by atoms with Crippen LogP contribution in [0.25, 0.3) is 0 Å². The lowest BCUT2D eigenvalue weighted by molar-refractivity contribution is -0.115. The molecule has 1 heterocycles. The number of benzene rings is 3. The summed E-state index contributed by atoms with van der Waals surface area (Å²) in [6.07, 6.45) is -0.221. The van der Waals surface area contributed by atoms with Gasteiger partial charge in [-0.05, 0) is 48.5 Å². The molecular weight excluding hydrogens is 440 g/mol. The smallest absolute Gasteiger partial charge is 0.259 e. The summed E-state index contributed by atoms with van der Waals surface area (Å²) in [5.74, 6) is -0.459. The minimum Gasteiger partial charge on any atom is -0.454 e. The molecule has 7 nitrogen and oxygen atoms in total. The van der Waals surface area contributed by atoms with Gasteiger partial charge in [-0.2, -0.15) is 0 Å². The Bertz CT molecular complexity index is 1280. The quantitative estimate of drug-likeness (QED) is 0.588. The Balaban J connectivity index is 1.46. The summed E-state index contributed by atoms with van der Waals surface area (Å²) in [5, 5.41) is 5.80. The molecule has 0 aromatic heterocycles. The van der Waals surface area contributed by atoms with Crippen molar-refractivity contribution in [1.82, 2.24) is 0 Å². The Morgan fingerprint density at radius 3 is 2.52 bits per heavy atom. The SMILES string of the molecule is O=C(CCS(=O)(=O)c1ccccc1)Nc1ccc2c(c1)C(=O)Nc1cc(Cl)ccc1O2. The summed E-state index contributed by atoms with van der Waals surface area (Å²) < 4.78 is 30.5. The molecule has 0 saturated heterocycles. The standard InChI is InChI=1S/C22H17ClN2O5S/c23-14-6-8-20-18(12-14)25-22(27)17-13-15(7-9-19(17)30-20)24-21(26)10-11-31(28,29)16-4-2-1-3-5-16/h1-9,12-13H,10-11H2,(H,24,26)(H,25,27). The van der Waals surface area contributed by atoms with Gasteiger partial charge < -0.3 is 15.4 Å². The van der Waals surface area contributed by atoms with E-state index in [4.69, 9.17) is 16.3 Å². The molecule has 0 saturated carbocycles. The number of hydrogen-bond acceptors (Lipinski definition) is 5. The van der Waals surface area contributed by atoms with Crippen molar-refractivity contribution in [3.63, 3.8) is 0 Å². The van der Waals surface area contributed by atoms with E-state index in [-0.39, 0.29) is 22.6 Å². The normalized spacial score (nSPS) is 12.6. The van der Waals surface area contributed by atoms with Crippen molar-refractivity contribution in [2.45, 2.75) is 11.3 Å².